The predicted molar refractivity (Wildman–Crippen MR) is 135 cm³/mol. The Labute approximate surface area is 214 Å². The number of carbonyl (C=O) groups excluding carboxylic acids is 2. The highest BCUT2D eigenvalue weighted by Crippen LogP contribution is 2.43. The minimum Gasteiger partial charge on any atom is -0.491 e. The van der Waals surface area contributed by atoms with Crippen LogP contribution in [-0.4, -0.2) is 44.2 Å². The van der Waals surface area contributed by atoms with Crippen LogP contribution in [0.25, 0.3) is 0 Å². The van der Waals surface area contributed by atoms with Gasteiger partial charge in [-0.1, -0.05) is 23.2 Å². The molecule has 35 heavy (non-hydrogen) atoms. The maximum Gasteiger partial charge on any atom is 0.259 e. The Kier molecular flexibility index (Phi) is 11.1. The van der Waals surface area contributed by atoms with Gasteiger partial charge in [0.15, 0.2) is 17.3 Å². The predicted octanol–water partition coefficient (Wildman–Crippen LogP) is 6.27. The molecule has 1 amide bonds. The number of azo groups is 1. The summed E-state index contributed by atoms with van der Waals surface area (Å²) in [6.45, 7) is 9.74. The third kappa shape index (κ3) is 7.47. The van der Waals surface area contributed by atoms with Crippen molar-refractivity contribution in [2.45, 2.75) is 40.7 Å². The molecule has 190 valence electrons. The Morgan fingerprint density at radius 2 is 1.43 bits per heavy atom. The van der Waals surface area contributed by atoms with Crippen molar-refractivity contribution in [2.24, 2.45) is 10.2 Å². The van der Waals surface area contributed by atoms with Crippen LogP contribution in [0, 0.1) is 0 Å². The molecule has 0 saturated carbocycles. The van der Waals surface area contributed by atoms with Crippen LogP contribution in [0.4, 0.5) is 11.4 Å². The molecule has 1 atom stereocenters. The zero-order valence-electron chi connectivity index (χ0n) is 20.3. The number of ketones is 1. The lowest BCUT2D eigenvalue weighted by molar-refractivity contribution is -0.126. The largest absolute Gasteiger partial charge is 0.491 e. The molecule has 0 radical (unpaired) electrons. The van der Waals surface area contributed by atoms with Gasteiger partial charge in [0.2, 0.25) is 6.04 Å². The number of hydrogen-bond donors (Lipinski definition) is 1. The van der Waals surface area contributed by atoms with Crippen molar-refractivity contribution in [1.29, 1.82) is 0 Å². The van der Waals surface area contributed by atoms with E-state index in [2.05, 4.69) is 15.5 Å². The van der Waals surface area contributed by atoms with Gasteiger partial charge in [0.1, 0.15) is 22.9 Å². The summed E-state index contributed by atoms with van der Waals surface area (Å²) >= 11 is 12.4. The third-order valence-corrected chi connectivity index (χ3v) is 4.93. The molecular formula is C24H29Cl2N3O6. The van der Waals surface area contributed by atoms with Gasteiger partial charge in [-0.2, -0.15) is 10.2 Å². The van der Waals surface area contributed by atoms with E-state index in [-0.39, 0.29) is 17.1 Å². The van der Waals surface area contributed by atoms with Crippen molar-refractivity contribution in [3.63, 3.8) is 0 Å². The van der Waals surface area contributed by atoms with E-state index < -0.39 is 17.7 Å². The smallest absolute Gasteiger partial charge is 0.259 e. The third-order valence-electron chi connectivity index (χ3n) is 4.41. The molecule has 2 aromatic carbocycles. The number of rotatable bonds is 13. The molecule has 0 spiro atoms. The van der Waals surface area contributed by atoms with Gasteiger partial charge in [0, 0.05) is 17.2 Å². The Morgan fingerprint density at radius 3 is 1.94 bits per heavy atom. The zero-order valence-corrected chi connectivity index (χ0v) is 21.8. The summed E-state index contributed by atoms with van der Waals surface area (Å²) in [5.74, 6) is -0.0681. The van der Waals surface area contributed by atoms with Crippen LogP contribution >= 0.6 is 23.2 Å². The molecule has 0 aliphatic rings. The van der Waals surface area contributed by atoms with Crippen molar-refractivity contribution >= 4 is 46.3 Å². The molecule has 0 aromatic heterocycles. The summed E-state index contributed by atoms with van der Waals surface area (Å²) in [7, 11) is 0. The number of halogens is 2. The fourth-order valence-corrected chi connectivity index (χ4v) is 3.42. The zero-order chi connectivity index (χ0) is 26.0. The normalized spacial score (nSPS) is 11.7. The SMILES string of the molecule is CCOc1cc(Cl)cc(OCC)c1NC(=O)C(N=Nc1ccc(Cl)c(OCC)c1OCC)C(C)=O. The van der Waals surface area contributed by atoms with E-state index in [9.17, 15) is 9.59 Å². The molecule has 9 nitrogen and oxygen atoms in total. The number of ether oxygens (including phenoxy) is 4. The van der Waals surface area contributed by atoms with E-state index in [1.54, 1.807) is 52.0 Å². The van der Waals surface area contributed by atoms with Crippen LogP contribution < -0.4 is 24.3 Å². The summed E-state index contributed by atoms with van der Waals surface area (Å²) in [6, 6.07) is 4.78. The van der Waals surface area contributed by atoms with E-state index >= 15 is 0 Å². The average molecular weight is 526 g/mol. The van der Waals surface area contributed by atoms with Crippen LogP contribution in [0.2, 0.25) is 10.0 Å². The van der Waals surface area contributed by atoms with Crippen LogP contribution in [0.5, 0.6) is 23.0 Å². The maximum atomic E-state index is 13.1. The molecule has 1 N–H and O–H groups in total. The lowest BCUT2D eigenvalue weighted by Gasteiger charge is -2.18. The van der Waals surface area contributed by atoms with Gasteiger partial charge in [0.25, 0.3) is 5.91 Å². The second kappa shape index (κ2) is 13.7. The molecule has 0 bridgehead atoms. The highest BCUT2D eigenvalue weighted by atomic mass is 35.5. The first kappa shape index (κ1) is 28.2. The van der Waals surface area contributed by atoms with Gasteiger partial charge in [-0.3, -0.25) is 9.59 Å². The first-order valence-corrected chi connectivity index (χ1v) is 11.9. The monoisotopic (exact) mass is 525 g/mol. The highest BCUT2D eigenvalue weighted by Gasteiger charge is 2.26. The quantitative estimate of drug-likeness (QED) is 0.244. The number of nitrogens with one attached hydrogen (secondary N) is 1. The van der Waals surface area contributed by atoms with Gasteiger partial charge in [-0.05, 0) is 46.8 Å². The van der Waals surface area contributed by atoms with Crippen LogP contribution in [0.1, 0.15) is 34.6 Å². The first-order chi connectivity index (χ1) is 16.8. The number of anilines is 1. The van der Waals surface area contributed by atoms with Crippen molar-refractivity contribution in [1.82, 2.24) is 0 Å². The van der Waals surface area contributed by atoms with Crippen LogP contribution in [0.15, 0.2) is 34.5 Å². The molecule has 0 aliphatic carbocycles. The number of Topliss-reactive ketones (excluding diaryl/α,β-unsaturated/α-hetero) is 1. The topological polar surface area (TPSA) is 108 Å². The number of hydrogen-bond acceptors (Lipinski definition) is 8. The fraction of sp³-hybridized carbons (Fsp3) is 0.417. The summed E-state index contributed by atoms with van der Waals surface area (Å²) in [5, 5.41) is 11.5. The van der Waals surface area contributed by atoms with E-state index in [1.807, 2.05) is 0 Å². The van der Waals surface area contributed by atoms with Gasteiger partial charge in [0.05, 0.1) is 31.5 Å². The summed E-state index contributed by atoms with van der Waals surface area (Å²) < 4.78 is 22.4. The molecule has 0 fully saturated rings. The second-order valence-electron chi connectivity index (χ2n) is 6.95. The Balaban J connectivity index is 2.43. The van der Waals surface area contributed by atoms with E-state index in [0.29, 0.717) is 53.7 Å². The van der Waals surface area contributed by atoms with Crippen LogP contribution in [-0.2, 0) is 9.59 Å². The summed E-state index contributed by atoms with van der Waals surface area (Å²) in [4.78, 5) is 25.4. The number of nitrogens with zero attached hydrogens (tertiary/aromatic N) is 2. The molecule has 0 aliphatic heterocycles. The van der Waals surface area contributed by atoms with Crippen molar-refractivity contribution in [2.75, 3.05) is 31.7 Å². The highest BCUT2D eigenvalue weighted by molar-refractivity contribution is 6.32. The summed E-state index contributed by atoms with van der Waals surface area (Å²) in [5.41, 5.74) is 0.500. The number of amides is 1. The average Bonchev–Trinajstić information content (AvgIpc) is 2.80. The van der Waals surface area contributed by atoms with Gasteiger partial charge < -0.3 is 24.3 Å². The number of benzene rings is 2. The molecule has 1 unspecified atom stereocenters. The van der Waals surface area contributed by atoms with E-state index in [4.69, 9.17) is 42.1 Å². The molecule has 2 rings (SSSR count). The molecule has 0 heterocycles. The number of carbonyl (C=O) groups is 2. The van der Waals surface area contributed by atoms with Gasteiger partial charge >= 0.3 is 0 Å². The minimum atomic E-state index is -1.45. The van der Waals surface area contributed by atoms with E-state index in [0.717, 1.165) is 0 Å². The van der Waals surface area contributed by atoms with Crippen molar-refractivity contribution in [3.05, 3.63) is 34.3 Å². The molecular weight excluding hydrogens is 497 g/mol. The van der Waals surface area contributed by atoms with Gasteiger partial charge in [-0.25, -0.2) is 0 Å². The molecule has 11 heteroatoms. The van der Waals surface area contributed by atoms with Gasteiger partial charge in [-0.15, -0.1) is 0 Å². The standard InChI is InChI=1S/C24H29Cl2N3O6/c1-6-32-18-12-15(25)13-19(33-7-2)21(18)27-24(31)20(14(5)30)29-28-17-11-10-16(26)22(34-8-3)23(17)35-9-4/h10-13,20H,6-9H2,1-5H3,(H,27,31). The fourth-order valence-electron chi connectivity index (χ4n) is 3.02. The van der Waals surface area contributed by atoms with Crippen LogP contribution in [0.3, 0.4) is 0 Å². The van der Waals surface area contributed by atoms with E-state index in [1.165, 1.54) is 6.92 Å². The Bertz CT molecular complexity index is 1050. The van der Waals surface area contributed by atoms with Crippen molar-refractivity contribution in [3.8, 4) is 23.0 Å². The Hall–Kier alpha value is -3.04. The second-order valence-corrected chi connectivity index (χ2v) is 7.80. The lowest BCUT2D eigenvalue weighted by Crippen LogP contribution is -2.32. The molecule has 2 aromatic rings. The van der Waals surface area contributed by atoms with Crippen molar-refractivity contribution < 1.29 is 28.5 Å². The molecule has 0 saturated heterocycles. The minimum absolute atomic E-state index is 0.240. The maximum absolute atomic E-state index is 13.1. The lowest BCUT2D eigenvalue weighted by atomic mass is 10.2. The Morgan fingerprint density at radius 1 is 0.886 bits per heavy atom. The first-order valence-electron chi connectivity index (χ1n) is 11.2. The summed E-state index contributed by atoms with van der Waals surface area (Å²) in [6.07, 6.45) is 0.